The van der Waals surface area contributed by atoms with Gasteiger partial charge in [-0.3, -0.25) is 15.1 Å². The summed E-state index contributed by atoms with van der Waals surface area (Å²) < 4.78 is 37.5. The number of H-pyrrole nitrogens is 1. The zero-order valence-corrected chi connectivity index (χ0v) is 53.4. The Kier molecular flexibility index (Phi) is 27.5. The zero-order valence-electron chi connectivity index (χ0n) is 47.2. The third-order valence-corrected chi connectivity index (χ3v) is 17.3. The number of hydrogen-bond acceptors (Lipinski definition) is 6. The summed E-state index contributed by atoms with van der Waals surface area (Å²) in [4.78, 5) is 17.3. The molecule has 0 amide bonds. The molecule has 0 saturated heterocycles. The molecule has 10 rings (SSSR count). The van der Waals surface area contributed by atoms with Crippen LogP contribution < -0.4 is 61.0 Å². The van der Waals surface area contributed by atoms with Crippen molar-refractivity contribution in [3.05, 3.63) is 264 Å². The number of pyridine rings is 2. The maximum atomic E-state index is 12.5. The fraction of sp³-hybridized carbons (Fsp3) is 0.197. The average Bonchev–Trinajstić information content (AvgIpc) is 4.15. The predicted octanol–water partition coefficient (Wildman–Crippen LogP) is 10.4. The quantitative estimate of drug-likeness (QED) is 0.0822. The summed E-state index contributed by atoms with van der Waals surface area (Å²) in [6, 6.07) is 76.6. The number of rotatable bonds is 10. The van der Waals surface area contributed by atoms with Gasteiger partial charge in [0.25, 0.3) is 0 Å². The van der Waals surface area contributed by atoms with Crippen LogP contribution in [0.5, 0.6) is 0 Å². The number of carboxylic acid groups (broad SMARTS) is 1. The van der Waals surface area contributed by atoms with Crippen LogP contribution in [0.2, 0.25) is 0 Å². The van der Waals surface area contributed by atoms with Crippen LogP contribution in [0.25, 0.3) is 22.8 Å². The van der Waals surface area contributed by atoms with Gasteiger partial charge >= 0.3 is 56.8 Å². The van der Waals surface area contributed by atoms with E-state index in [0.717, 1.165) is 48.0 Å². The fourth-order valence-electron chi connectivity index (χ4n) is 7.88. The Balaban J connectivity index is 0.000000226. The molecule has 81 heavy (non-hydrogen) atoms. The molecule has 0 atom stereocenters. The number of aromatic nitrogens is 6. The van der Waals surface area contributed by atoms with E-state index in [9.17, 15) is 13.2 Å². The molecular formula is C66H67F3N6NaO2P2Pt+. The molecular weight excluding hydrogens is 1250 g/mol. The molecule has 0 bridgehead atoms. The summed E-state index contributed by atoms with van der Waals surface area (Å²) in [6.07, 6.45) is 1.18. The Labute approximate surface area is 515 Å². The Hall–Kier alpha value is -6.15. The fourth-order valence-corrected chi connectivity index (χ4v) is 12.7. The number of halogens is 3. The van der Waals surface area contributed by atoms with Gasteiger partial charge in [0.2, 0.25) is 0 Å². The van der Waals surface area contributed by atoms with Gasteiger partial charge < -0.3 is 20.1 Å². The maximum absolute atomic E-state index is 12.5. The van der Waals surface area contributed by atoms with E-state index in [1.54, 1.807) is 12.3 Å². The largest absolute Gasteiger partial charge is 2.00 e. The summed E-state index contributed by atoms with van der Waals surface area (Å²) in [7, 11) is -1.11. The van der Waals surface area contributed by atoms with Crippen molar-refractivity contribution in [2.45, 2.75) is 84.7 Å². The Morgan fingerprint density at radius 2 is 1.06 bits per heavy atom. The molecule has 414 valence electrons. The van der Waals surface area contributed by atoms with Crippen LogP contribution in [0.4, 0.5) is 13.2 Å². The average molecular weight is 1310 g/mol. The molecule has 0 fully saturated rings. The molecule has 4 aromatic heterocycles. The number of hydrogen-bond donors (Lipinski definition) is 1. The van der Waals surface area contributed by atoms with E-state index in [-0.39, 0.29) is 75.1 Å². The van der Waals surface area contributed by atoms with Crippen LogP contribution in [-0.2, 0) is 55.2 Å². The number of carboxylic acids is 1. The minimum absolute atomic E-state index is 0. The van der Waals surface area contributed by atoms with Crippen molar-refractivity contribution in [2.24, 2.45) is 0 Å². The first-order chi connectivity index (χ1) is 37.7. The Morgan fingerprint density at radius 3 is 1.48 bits per heavy atom. The number of aromatic amines is 1. The SMILES string of the molecule is CC(=O)[O-].CC(C)(C)c1ccnc(-c2cc(C(F)(F)F)[nH]n2)c1.Cc1cc(-c2cc(C(C)(C)C)ccn2)[n-]n1.[Na+].[Pt+2].[c-]1ccccc1C[PH+](c1ccccc1)c1ccccc1.c1ccc(CP(c2ccccc2)c2ccccc2)cc1. The van der Waals surface area contributed by atoms with Crippen LogP contribution in [0.1, 0.15) is 82.1 Å². The van der Waals surface area contributed by atoms with Gasteiger partial charge in [-0.15, -0.1) is 5.56 Å². The summed E-state index contributed by atoms with van der Waals surface area (Å²) in [5.41, 5.74) is 7.43. The first kappa shape index (κ1) is 67.4. The molecule has 0 spiro atoms. The molecule has 10 aromatic rings. The van der Waals surface area contributed by atoms with Gasteiger partial charge in [0.05, 0.1) is 30.4 Å². The number of nitrogens with zero attached hydrogens (tertiary/aromatic N) is 5. The van der Waals surface area contributed by atoms with E-state index in [4.69, 9.17) is 9.90 Å². The number of aliphatic carboxylic acids is 1. The monoisotopic (exact) mass is 1310 g/mol. The molecule has 4 heterocycles. The normalized spacial score (nSPS) is 10.9. The number of aryl methyl sites for hydroxylation is 1. The van der Waals surface area contributed by atoms with Gasteiger partial charge in [-0.2, -0.15) is 48.6 Å². The first-order valence-corrected chi connectivity index (χ1v) is 29.0. The number of benzene rings is 6. The second-order valence-electron chi connectivity index (χ2n) is 20.4. The van der Waals surface area contributed by atoms with Gasteiger partial charge in [-0.25, -0.2) is 0 Å². The maximum Gasteiger partial charge on any atom is 2.00 e. The first-order valence-electron chi connectivity index (χ1n) is 25.8. The van der Waals surface area contributed by atoms with Gasteiger partial charge in [0.15, 0.2) is 0 Å². The number of carbonyl (C=O) groups is 1. The summed E-state index contributed by atoms with van der Waals surface area (Å²) in [6.45, 7) is 15.5. The van der Waals surface area contributed by atoms with E-state index in [2.05, 4.69) is 222 Å². The van der Waals surface area contributed by atoms with E-state index in [0.29, 0.717) is 5.69 Å². The molecule has 15 heteroatoms. The standard InChI is InChI=1S/C19H17P.C19H16P.C13H14F3N3.C13H16N3.C2H4O2.Na.Pt/c2*1-4-10-17(11-5-1)16-20(18-12-6-2-7-13-18)19-14-8-3-9-15-19;1-12(2,3)8-4-5-17-9(6-8)10-7-11(19-18-10)13(14,15)16;1-9-7-12(16-15-9)11-8-10(5-6-14-11)13(2,3)4;1-2(3)4;;/h1-15H,16H2;1-10,12-15H,16H2;4-7H,1-3H3,(H,18,19);5-8H,1-4H3;1H3,(H,3,4);;/q;-1;;-1;;+1;+2. The Morgan fingerprint density at radius 1 is 0.617 bits per heavy atom. The van der Waals surface area contributed by atoms with Crippen molar-refractivity contribution < 1.29 is 73.7 Å². The van der Waals surface area contributed by atoms with Crippen molar-refractivity contribution in [3.8, 4) is 22.8 Å². The van der Waals surface area contributed by atoms with Crippen molar-refractivity contribution in [1.29, 1.82) is 0 Å². The number of nitrogens with one attached hydrogen (secondary N) is 1. The molecule has 6 aromatic carbocycles. The molecule has 1 N–H and O–H groups in total. The third-order valence-electron chi connectivity index (χ3n) is 12.0. The van der Waals surface area contributed by atoms with E-state index < -0.39 is 25.8 Å². The topological polar surface area (TPSA) is 122 Å². The number of alkyl halides is 3. The van der Waals surface area contributed by atoms with Crippen LogP contribution >= 0.6 is 15.8 Å². The van der Waals surface area contributed by atoms with Crippen LogP contribution in [0.3, 0.4) is 0 Å². The minimum atomic E-state index is -4.42. The molecule has 0 aliphatic carbocycles. The van der Waals surface area contributed by atoms with Crippen molar-refractivity contribution in [2.75, 3.05) is 0 Å². The van der Waals surface area contributed by atoms with Crippen LogP contribution in [0, 0.1) is 13.0 Å². The molecule has 0 aliphatic rings. The van der Waals surface area contributed by atoms with E-state index >= 15 is 0 Å². The second-order valence-corrected chi connectivity index (χ2v) is 25.1. The summed E-state index contributed by atoms with van der Waals surface area (Å²) in [5, 5.41) is 28.4. The zero-order chi connectivity index (χ0) is 56.8. The summed E-state index contributed by atoms with van der Waals surface area (Å²) in [5.74, 6) is -1.08. The van der Waals surface area contributed by atoms with Crippen LogP contribution in [0.15, 0.2) is 225 Å². The van der Waals surface area contributed by atoms with Crippen molar-refractivity contribution in [1.82, 2.24) is 30.4 Å². The molecule has 0 saturated carbocycles. The minimum Gasteiger partial charge on any atom is -0.574 e. The second kappa shape index (κ2) is 33.1. The predicted molar refractivity (Wildman–Crippen MR) is 319 cm³/mol. The van der Waals surface area contributed by atoms with Gasteiger partial charge in [0, 0.05) is 35.9 Å². The van der Waals surface area contributed by atoms with Gasteiger partial charge in [-0.05, 0) is 114 Å². The van der Waals surface area contributed by atoms with E-state index in [1.807, 2.05) is 69.3 Å². The molecule has 0 radical (unpaired) electrons. The van der Waals surface area contributed by atoms with Gasteiger partial charge in [0.1, 0.15) is 11.4 Å². The molecule has 0 unspecified atom stereocenters. The third kappa shape index (κ3) is 22.6. The Bertz CT molecular complexity index is 3160. The van der Waals surface area contributed by atoms with E-state index in [1.165, 1.54) is 37.9 Å². The molecule has 0 aliphatic heterocycles. The van der Waals surface area contributed by atoms with Crippen molar-refractivity contribution >= 4 is 43.0 Å². The van der Waals surface area contributed by atoms with Crippen LogP contribution in [-0.4, -0.2) is 31.2 Å². The number of carbonyl (C=O) groups excluding carboxylic acids is 1. The molecule has 8 nitrogen and oxygen atoms in total. The smallest absolute Gasteiger partial charge is 0.574 e. The van der Waals surface area contributed by atoms with Gasteiger partial charge in [-0.1, -0.05) is 181 Å². The summed E-state index contributed by atoms with van der Waals surface area (Å²) >= 11 is 0. The van der Waals surface area contributed by atoms with Crippen molar-refractivity contribution in [3.63, 3.8) is 0 Å².